The Bertz CT molecular complexity index is 462. The summed E-state index contributed by atoms with van der Waals surface area (Å²) in [6.07, 6.45) is 0. The first-order chi connectivity index (χ1) is 6.70. The number of benzene rings is 1. The molecule has 0 aliphatic heterocycles. The number of rotatable bonds is 1. The fourth-order valence-corrected chi connectivity index (χ4v) is 1.53. The maximum Gasteiger partial charge on any atom is 0.171 e. The van der Waals surface area contributed by atoms with Gasteiger partial charge in [0.2, 0.25) is 0 Å². The summed E-state index contributed by atoms with van der Waals surface area (Å²) in [4.78, 5) is 0. The van der Waals surface area contributed by atoms with Crippen molar-refractivity contribution >= 4 is 11.6 Å². The lowest BCUT2D eigenvalue weighted by atomic mass is 10.1. The van der Waals surface area contributed by atoms with Gasteiger partial charge in [-0.15, -0.1) is 0 Å². The van der Waals surface area contributed by atoms with Crippen molar-refractivity contribution in [3.8, 4) is 11.3 Å². The van der Waals surface area contributed by atoms with Crippen LogP contribution in [0.25, 0.3) is 11.3 Å². The SMILES string of the molecule is Cc1noc(-c2ccccc2Cl)c1C. The normalized spacial score (nSPS) is 10.5. The third kappa shape index (κ3) is 1.42. The molecule has 0 radical (unpaired) electrons. The third-order valence-electron chi connectivity index (χ3n) is 2.28. The number of aromatic nitrogens is 1. The van der Waals surface area contributed by atoms with Gasteiger partial charge in [0.25, 0.3) is 0 Å². The molecule has 0 bridgehead atoms. The highest BCUT2D eigenvalue weighted by Gasteiger charge is 2.12. The molecule has 0 saturated heterocycles. The van der Waals surface area contributed by atoms with Gasteiger partial charge in [-0.3, -0.25) is 0 Å². The predicted molar refractivity (Wildman–Crippen MR) is 56.4 cm³/mol. The van der Waals surface area contributed by atoms with Crippen LogP contribution in [-0.2, 0) is 0 Å². The van der Waals surface area contributed by atoms with Gasteiger partial charge >= 0.3 is 0 Å². The molecule has 0 spiro atoms. The van der Waals surface area contributed by atoms with Crippen LogP contribution in [0.1, 0.15) is 11.3 Å². The zero-order valence-corrected chi connectivity index (χ0v) is 8.80. The van der Waals surface area contributed by atoms with E-state index in [1.165, 1.54) is 0 Å². The molecule has 0 saturated carbocycles. The highest BCUT2D eigenvalue weighted by molar-refractivity contribution is 6.33. The van der Waals surface area contributed by atoms with Crippen molar-refractivity contribution in [2.24, 2.45) is 0 Å². The number of aryl methyl sites for hydroxylation is 1. The van der Waals surface area contributed by atoms with Gasteiger partial charge in [0.15, 0.2) is 5.76 Å². The van der Waals surface area contributed by atoms with E-state index in [2.05, 4.69) is 5.16 Å². The van der Waals surface area contributed by atoms with Crippen molar-refractivity contribution < 1.29 is 4.52 Å². The molecule has 2 rings (SSSR count). The minimum Gasteiger partial charge on any atom is -0.356 e. The van der Waals surface area contributed by atoms with E-state index < -0.39 is 0 Å². The summed E-state index contributed by atoms with van der Waals surface area (Å²) in [6.45, 7) is 3.89. The minimum atomic E-state index is 0.687. The standard InChI is InChI=1S/C11H10ClNO/c1-7-8(2)13-14-11(7)9-5-3-4-6-10(9)12/h3-6H,1-2H3. The maximum atomic E-state index is 6.05. The highest BCUT2D eigenvalue weighted by Crippen LogP contribution is 2.30. The maximum absolute atomic E-state index is 6.05. The second-order valence-electron chi connectivity index (χ2n) is 3.20. The minimum absolute atomic E-state index is 0.687. The molecule has 0 unspecified atom stereocenters. The van der Waals surface area contributed by atoms with E-state index in [1.807, 2.05) is 38.1 Å². The Morgan fingerprint density at radius 3 is 2.50 bits per heavy atom. The second kappa shape index (κ2) is 3.46. The number of halogens is 1. The van der Waals surface area contributed by atoms with Crippen molar-refractivity contribution in [3.63, 3.8) is 0 Å². The predicted octanol–water partition coefficient (Wildman–Crippen LogP) is 3.61. The Kier molecular flexibility index (Phi) is 2.30. The molecule has 0 fully saturated rings. The molecule has 0 amide bonds. The van der Waals surface area contributed by atoms with E-state index in [4.69, 9.17) is 16.1 Å². The summed E-state index contributed by atoms with van der Waals surface area (Å²) in [5.74, 6) is 0.758. The van der Waals surface area contributed by atoms with E-state index in [1.54, 1.807) is 0 Å². The summed E-state index contributed by atoms with van der Waals surface area (Å²) in [5.41, 5.74) is 2.84. The first-order valence-corrected chi connectivity index (χ1v) is 4.75. The van der Waals surface area contributed by atoms with Crippen molar-refractivity contribution in [2.75, 3.05) is 0 Å². The van der Waals surface area contributed by atoms with Gasteiger partial charge in [-0.1, -0.05) is 28.9 Å². The topological polar surface area (TPSA) is 26.0 Å². The molecule has 0 aliphatic carbocycles. The Balaban J connectivity index is 2.60. The van der Waals surface area contributed by atoms with E-state index in [9.17, 15) is 0 Å². The second-order valence-corrected chi connectivity index (χ2v) is 3.61. The monoisotopic (exact) mass is 207 g/mol. The molecule has 2 nitrogen and oxygen atoms in total. The Morgan fingerprint density at radius 1 is 1.21 bits per heavy atom. The van der Waals surface area contributed by atoms with Crippen LogP contribution < -0.4 is 0 Å². The van der Waals surface area contributed by atoms with E-state index in [0.717, 1.165) is 22.6 Å². The van der Waals surface area contributed by atoms with Gasteiger partial charge in [0.05, 0.1) is 10.7 Å². The largest absolute Gasteiger partial charge is 0.356 e. The fraction of sp³-hybridized carbons (Fsp3) is 0.182. The van der Waals surface area contributed by atoms with Crippen LogP contribution >= 0.6 is 11.6 Å². The molecule has 0 atom stereocenters. The molecule has 2 aromatic rings. The zero-order valence-electron chi connectivity index (χ0n) is 8.04. The first-order valence-electron chi connectivity index (χ1n) is 4.38. The molecule has 72 valence electrons. The van der Waals surface area contributed by atoms with Crippen LogP contribution in [0.15, 0.2) is 28.8 Å². The molecule has 0 aliphatic rings. The van der Waals surface area contributed by atoms with Crippen LogP contribution in [0.5, 0.6) is 0 Å². The molecule has 14 heavy (non-hydrogen) atoms. The van der Waals surface area contributed by atoms with Gasteiger partial charge in [-0.05, 0) is 26.0 Å². The van der Waals surface area contributed by atoms with Crippen molar-refractivity contribution in [1.29, 1.82) is 0 Å². The van der Waals surface area contributed by atoms with Crippen molar-refractivity contribution in [3.05, 3.63) is 40.5 Å². The van der Waals surface area contributed by atoms with Gasteiger partial charge in [0, 0.05) is 11.1 Å². The van der Waals surface area contributed by atoms with Crippen molar-refractivity contribution in [1.82, 2.24) is 5.16 Å². The van der Waals surface area contributed by atoms with E-state index in [-0.39, 0.29) is 0 Å². The summed E-state index contributed by atoms with van der Waals surface area (Å²) < 4.78 is 5.23. The first kappa shape index (κ1) is 9.28. The summed E-state index contributed by atoms with van der Waals surface area (Å²) in [6, 6.07) is 7.59. The molecule has 1 aromatic carbocycles. The average Bonchev–Trinajstić information content (AvgIpc) is 2.49. The number of hydrogen-bond donors (Lipinski definition) is 0. The van der Waals surface area contributed by atoms with Crippen LogP contribution in [0.3, 0.4) is 0 Å². The summed E-state index contributed by atoms with van der Waals surface area (Å²) >= 11 is 6.05. The van der Waals surface area contributed by atoms with Gasteiger partial charge in [-0.25, -0.2) is 0 Å². The molecular weight excluding hydrogens is 198 g/mol. The van der Waals surface area contributed by atoms with Gasteiger partial charge in [-0.2, -0.15) is 0 Å². The van der Waals surface area contributed by atoms with Crippen LogP contribution in [0.2, 0.25) is 5.02 Å². The molecule has 3 heteroatoms. The van der Waals surface area contributed by atoms with Gasteiger partial charge in [0.1, 0.15) is 0 Å². The zero-order chi connectivity index (χ0) is 10.1. The Labute approximate surface area is 87.5 Å². The summed E-state index contributed by atoms with van der Waals surface area (Å²) in [7, 11) is 0. The van der Waals surface area contributed by atoms with Crippen molar-refractivity contribution in [2.45, 2.75) is 13.8 Å². The molecule has 0 N–H and O–H groups in total. The van der Waals surface area contributed by atoms with Crippen LogP contribution in [0, 0.1) is 13.8 Å². The Hall–Kier alpha value is -1.28. The lowest BCUT2D eigenvalue weighted by Gasteiger charge is -1.99. The lowest BCUT2D eigenvalue weighted by Crippen LogP contribution is -1.80. The lowest BCUT2D eigenvalue weighted by molar-refractivity contribution is 0.427. The molecule has 1 aromatic heterocycles. The van der Waals surface area contributed by atoms with E-state index in [0.29, 0.717) is 5.02 Å². The molecule has 1 heterocycles. The fourth-order valence-electron chi connectivity index (χ4n) is 1.31. The highest BCUT2D eigenvalue weighted by atomic mass is 35.5. The van der Waals surface area contributed by atoms with Crippen LogP contribution in [0.4, 0.5) is 0 Å². The summed E-state index contributed by atoms with van der Waals surface area (Å²) in [5, 5.41) is 4.59. The average molecular weight is 208 g/mol. The number of hydrogen-bond acceptors (Lipinski definition) is 2. The third-order valence-corrected chi connectivity index (χ3v) is 2.61. The van der Waals surface area contributed by atoms with Gasteiger partial charge < -0.3 is 4.52 Å². The Morgan fingerprint density at radius 2 is 1.93 bits per heavy atom. The number of nitrogens with zero attached hydrogens (tertiary/aromatic N) is 1. The van der Waals surface area contributed by atoms with E-state index >= 15 is 0 Å². The molecular formula is C11H10ClNO. The smallest absolute Gasteiger partial charge is 0.171 e. The van der Waals surface area contributed by atoms with Crippen LogP contribution in [-0.4, -0.2) is 5.16 Å². The quantitative estimate of drug-likeness (QED) is 0.714.